The van der Waals surface area contributed by atoms with E-state index in [1.165, 1.54) is 20.4 Å². The third kappa shape index (κ3) is 8.53. The first-order chi connectivity index (χ1) is 22.1. The maximum atomic E-state index is 12.5. The van der Waals surface area contributed by atoms with Crippen molar-refractivity contribution < 1.29 is 38.4 Å². The molecule has 0 radical (unpaired) electrons. The Labute approximate surface area is 276 Å². The van der Waals surface area contributed by atoms with Crippen molar-refractivity contribution in [3.8, 4) is 23.0 Å². The minimum absolute atomic E-state index is 0.188. The van der Waals surface area contributed by atoms with E-state index < -0.39 is 24.3 Å². The highest BCUT2D eigenvalue weighted by Crippen LogP contribution is 2.35. The Morgan fingerprint density at radius 2 is 1.85 bits per heavy atom. The summed E-state index contributed by atoms with van der Waals surface area (Å²) in [6, 6.07) is 14.3. The van der Waals surface area contributed by atoms with Crippen molar-refractivity contribution in [1.29, 1.82) is 0 Å². The fourth-order valence-electron chi connectivity index (χ4n) is 4.55. The van der Waals surface area contributed by atoms with Gasteiger partial charge in [-0.1, -0.05) is 41.4 Å². The summed E-state index contributed by atoms with van der Waals surface area (Å²) in [5.74, 6) is 1.04. The standard InChI is InChI=1S/C32H34Cl2N4O8/c1-5-44-26-14-20(29-28(31(40)43-4)18(2)36-32(41)37-29)10-12-24(26)45-17-27(39)38-35-15-21-7-6-8-25(42-3)30(21)46-16-19-9-11-22(33)23(34)13-19/h6-15,27,29,38-39H,5,16-17H2,1-4H3,(H2,36,37,41)/b35-15+/t27-,29-/m1/s1. The zero-order chi connectivity index (χ0) is 33.2. The summed E-state index contributed by atoms with van der Waals surface area (Å²) in [5, 5.41) is 20.9. The monoisotopic (exact) mass is 672 g/mol. The molecule has 0 aromatic heterocycles. The van der Waals surface area contributed by atoms with Crippen molar-refractivity contribution in [3.05, 3.63) is 92.6 Å². The van der Waals surface area contributed by atoms with Crippen LogP contribution in [-0.4, -0.2) is 57.0 Å². The highest BCUT2D eigenvalue weighted by molar-refractivity contribution is 6.42. The maximum Gasteiger partial charge on any atom is 0.337 e. The number of hydrogen-bond acceptors (Lipinski definition) is 10. The van der Waals surface area contributed by atoms with E-state index >= 15 is 0 Å². The van der Waals surface area contributed by atoms with E-state index in [9.17, 15) is 14.7 Å². The van der Waals surface area contributed by atoms with Gasteiger partial charge in [0.05, 0.1) is 48.7 Å². The summed E-state index contributed by atoms with van der Waals surface area (Å²) in [7, 11) is 2.80. The third-order valence-corrected chi connectivity index (χ3v) is 7.43. The number of halogens is 2. The molecule has 46 heavy (non-hydrogen) atoms. The number of esters is 1. The van der Waals surface area contributed by atoms with Crippen LogP contribution in [0.15, 0.2) is 71.0 Å². The minimum atomic E-state index is -1.20. The summed E-state index contributed by atoms with van der Waals surface area (Å²) in [6.45, 7) is 3.76. The Balaban J connectivity index is 1.42. The number of nitrogens with one attached hydrogen (secondary N) is 3. The normalized spacial score (nSPS) is 15.1. The number of hydrazone groups is 1. The second kappa shape index (κ2) is 16.1. The van der Waals surface area contributed by atoms with Crippen LogP contribution in [0, 0.1) is 0 Å². The molecule has 1 aliphatic rings. The number of carbonyl (C=O) groups excluding carboxylic acids is 2. The number of para-hydroxylation sites is 1. The van der Waals surface area contributed by atoms with Crippen LogP contribution in [0.4, 0.5) is 4.79 Å². The van der Waals surface area contributed by atoms with E-state index in [2.05, 4.69) is 21.2 Å². The zero-order valence-electron chi connectivity index (χ0n) is 25.6. The van der Waals surface area contributed by atoms with E-state index in [4.69, 9.17) is 46.9 Å². The third-order valence-electron chi connectivity index (χ3n) is 6.70. The fourth-order valence-corrected chi connectivity index (χ4v) is 4.87. The number of aliphatic hydroxyl groups is 1. The van der Waals surface area contributed by atoms with Gasteiger partial charge in [-0.3, -0.25) is 5.43 Å². The number of hydrogen-bond donors (Lipinski definition) is 4. The lowest BCUT2D eigenvalue weighted by Crippen LogP contribution is -2.45. The first kappa shape index (κ1) is 34.2. The molecule has 0 saturated heterocycles. The Hall–Kier alpha value is -4.65. The molecule has 0 saturated carbocycles. The van der Waals surface area contributed by atoms with Gasteiger partial charge in [-0.25, -0.2) is 9.59 Å². The van der Waals surface area contributed by atoms with Gasteiger partial charge in [0.2, 0.25) is 0 Å². The number of methoxy groups -OCH3 is 2. The Morgan fingerprint density at radius 1 is 1.04 bits per heavy atom. The van der Waals surface area contributed by atoms with Crippen molar-refractivity contribution in [2.75, 3.05) is 27.4 Å². The SMILES string of the molecule is CCOc1cc([C@H]2NC(=O)NC(C)=C2C(=O)OC)ccc1OC[C@@H](O)N/N=C/c1cccc(OC)c1OCc1ccc(Cl)c(Cl)c1. The molecular weight excluding hydrogens is 639 g/mol. The van der Waals surface area contributed by atoms with Gasteiger partial charge in [0, 0.05) is 11.3 Å². The van der Waals surface area contributed by atoms with Crippen LogP contribution in [0.2, 0.25) is 10.0 Å². The molecule has 3 aromatic carbocycles. The number of amides is 2. The van der Waals surface area contributed by atoms with Crippen LogP contribution < -0.4 is 35.0 Å². The number of rotatable bonds is 14. The summed E-state index contributed by atoms with van der Waals surface area (Å²) in [5.41, 5.74) is 5.24. The highest BCUT2D eigenvalue weighted by atomic mass is 35.5. The summed E-state index contributed by atoms with van der Waals surface area (Å²) >= 11 is 12.1. The molecule has 0 aliphatic carbocycles. The highest BCUT2D eigenvalue weighted by Gasteiger charge is 2.32. The van der Waals surface area contributed by atoms with E-state index in [0.29, 0.717) is 56.5 Å². The molecule has 0 spiro atoms. The smallest absolute Gasteiger partial charge is 0.337 e. The summed E-state index contributed by atoms with van der Waals surface area (Å²) in [4.78, 5) is 24.6. The van der Waals surface area contributed by atoms with E-state index in [0.717, 1.165) is 5.56 Å². The number of aliphatic hydroxyl groups excluding tert-OH is 1. The van der Waals surface area contributed by atoms with Crippen LogP contribution in [-0.2, 0) is 16.1 Å². The predicted octanol–water partition coefficient (Wildman–Crippen LogP) is 5.10. The number of benzene rings is 3. The van der Waals surface area contributed by atoms with Crippen molar-refractivity contribution >= 4 is 41.4 Å². The first-order valence-electron chi connectivity index (χ1n) is 14.1. The first-order valence-corrected chi connectivity index (χ1v) is 14.9. The fraction of sp³-hybridized carbons (Fsp3) is 0.281. The second-order valence-electron chi connectivity index (χ2n) is 9.83. The van der Waals surface area contributed by atoms with Crippen LogP contribution in [0.3, 0.4) is 0 Å². The molecule has 3 aromatic rings. The predicted molar refractivity (Wildman–Crippen MR) is 173 cm³/mol. The Kier molecular flexibility index (Phi) is 12.0. The van der Waals surface area contributed by atoms with Gasteiger partial charge in [0.1, 0.15) is 13.2 Å². The molecule has 4 rings (SSSR count). The molecular formula is C32H34Cl2N4O8. The average molecular weight is 674 g/mol. The van der Waals surface area contributed by atoms with Crippen molar-refractivity contribution in [3.63, 3.8) is 0 Å². The lowest BCUT2D eigenvalue weighted by Gasteiger charge is -2.28. The van der Waals surface area contributed by atoms with Crippen LogP contribution in [0.1, 0.15) is 36.6 Å². The maximum absolute atomic E-state index is 12.5. The quantitative estimate of drug-likeness (QED) is 0.0794. The van der Waals surface area contributed by atoms with Gasteiger partial charge >= 0.3 is 12.0 Å². The van der Waals surface area contributed by atoms with Crippen LogP contribution in [0.5, 0.6) is 23.0 Å². The summed E-state index contributed by atoms with van der Waals surface area (Å²) < 4.78 is 28.0. The van der Waals surface area contributed by atoms with Crippen molar-refractivity contribution in [2.45, 2.75) is 32.7 Å². The molecule has 1 aliphatic heterocycles. The zero-order valence-corrected chi connectivity index (χ0v) is 27.1. The molecule has 14 heteroatoms. The number of allylic oxidation sites excluding steroid dienone is 1. The number of carbonyl (C=O) groups is 2. The summed E-state index contributed by atoms with van der Waals surface area (Å²) in [6.07, 6.45) is 0.287. The lowest BCUT2D eigenvalue weighted by molar-refractivity contribution is -0.136. The topological polar surface area (TPSA) is 149 Å². The molecule has 1 heterocycles. The number of urea groups is 1. The lowest BCUT2D eigenvalue weighted by atomic mass is 9.95. The second-order valence-corrected chi connectivity index (χ2v) is 10.6. The molecule has 0 unspecified atom stereocenters. The van der Waals surface area contributed by atoms with E-state index in [1.807, 2.05) is 6.07 Å². The molecule has 2 atom stereocenters. The number of nitrogens with zero attached hydrogens (tertiary/aromatic N) is 1. The van der Waals surface area contributed by atoms with Gasteiger partial charge in [-0.2, -0.15) is 5.10 Å². The van der Waals surface area contributed by atoms with E-state index in [1.54, 1.807) is 62.4 Å². The molecule has 12 nitrogen and oxygen atoms in total. The molecule has 0 fully saturated rings. The minimum Gasteiger partial charge on any atom is -0.493 e. The Morgan fingerprint density at radius 3 is 2.57 bits per heavy atom. The van der Waals surface area contributed by atoms with Crippen LogP contribution >= 0.6 is 23.2 Å². The van der Waals surface area contributed by atoms with Gasteiger partial charge in [-0.15, -0.1) is 0 Å². The van der Waals surface area contributed by atoms with Gasteiger partial charge in [-0.05, 0) is 61.4 Å². The number of ether oxygens (including phenoxy) is 5. The van der Waals surface area contributed by atoms with E-state index in [-0.39, 0.29) is 18.8 Å². The molecule has 0 bridgehead atoms. The van der Waals surface area contributed by atoms with Gasteiger partial charge in [0.15, 0.2) is 29.2 Å². The van der Waals surface area contributed by atoms with Gasteiger partial charge < -0.3 is 39.4 Å². The van der Waals surface area contributed by atoms with Crippen molar-refractivity contribution in [1.82, 2.24) is 16.1 Å². The van der Waals surface area contributed by atoms with Crippen molar-refractivity contribution in [2.24, 2.45) is 5.10 Å². The average Bonchev–Trinajstić information content (AvgIpc) is 3.04. The molecule has 4 N–H and O–H groups in total. The van der Waals surface area contributed by atoms with Crippen LogP contribution in [0.25, 0.3) is 0 Å². The molecule has 244 valence electrons. The Bertz CT molecular complexity index is 1630. The van der Waals surface area contributed by atoms with Gasteiger partial charge in [0.25, 0.3) is 0 Å². The largest absolute Gasteiger partial charge is 0.493 e. The molecule has 2 amide bonds.